The van der Waals surface area contributed by atoms with E-state index in [1.54, 1.807) is 0 Å². The van der Waals surface area contributed by atoms with Crippen molar-refractivity contribution in [1.29, 1.82) is 0 Å². The Morgan fingerprint density at radius 1 is 1.27 bits per heavy atom. The highest BCUT2D eigenvalue weighted by Crippen LogP contribution is 2.29. The van der Waals surface area contributed by atoms with Crippen molar-refractivity contribution in [2.24, 2.45) is 0 Å². The molecule has 1 aliphatic heterocycles. The number of benzene rings is 1. The van der Waals surface area contributed by atoms with Crippen molar-refractivity contribution in [3.05, 3.63) is 62.9 Å². The van der Waals surface area contributed by atoms with Crippen LogP contribution in [0, 0.1) is 18.6 Å². The highest BCUT2D eigenvalue weighted by Gasteiger charge is 2.29. The average Bonchev–Trinajstić information content (AvgIpc) is 3.26. The molecular formula is C22H26ClN5OS. The first kappa shape index (κ1) is 20.9. The van der Waals surface area contributed by atoms with Gasteiger partial charge in [-0.3, -0.25) is 9.89 Å². The predicted molar refractivity (Wildman–Crippen MR) is 121 cm³/mol. The maximum atomic E-state index is 13.3. The molecule has 0 spiro atoms. The van der Waals surface area contributed by atoms with Crippen LogP contribution in [0.2, 0.25) is 5.02 Å². The summed E-state index contributed by atoms with van der Waals surface area (Å²) in [4.78, 5) is 15.3. The molecule has 158 valence electrons. The largest absolute Gasteiger partial charge is 0.339 e. The van der Waals surface area contributed by atoms with Gasteiger partial charge >= 0.3 is 0 Å². The van der Waals surface area contributed by atoms with Gasteiger partial charge in [0.15, 0.2) is 4.77 Å². The van der Waals surface area contributed by atoms with E-state index in [1.165, 1.54) is 0 Å². The summed E-state index contributed by atoms with van der Waals surface area (Å²) in [5.41, 5.74) is 3.68. The summed E-state index contributed by atoms with van der Waals surface area (Å²) < 4.78 is 4.81. The quantitative estimate of drug-likeness (QED) is 0.574. The smallest absolute Gasteiger partial charge is 0.255 e. The molecule has 4 rings (SSSR count). The van der Waals surface area contributed by atoms with Gasteiger partial charge in [-0.25, -0.2) is 0 Å². The molecular weight excluding hydrogens is 418 g/mol. The first-order valence-electron chi connectivity index (χ1n) is 10.3. The summed E-state index contributed by atoms with van der Waals surface area (Å²) in [5, 5.41) is 8.02. The van der Waals surface area contributed by atoms with Crippen LogP contribution in [0.5, 0.6) is 0 Å². The van der Waals surface area contributed by atoms with Crippen LogP contribution in [0.1, 0.15) is 53.3 Å². The van der Waals surface area contributed by atoms with Crippen molar-refractivity contribution >= 4 is 29.7 Å². The molecule has 8 heteroatoms. The number of nitrogens with zero attached hydrogens (tertiary/aromatic N) is 4. The number of hydrogen-bond acceptors (Lipinski definition) is 3. The van der Waals surface area contributed by atoms with Gasteiger partial charge in [-0.15, -0.1) is 0 Å². The first-order valence-corrected chi connectivity index (χ1v) is 11.1. The number of likely N-dealkylation sites (tertiary alicyclic amines) is 1. The Hall–Kier alpha value is -2.38. The predicted octanol–water partition coefficient (Wildman–Crippen LogP) is 5.04. The Labute approximate surface area is 186 Å². The van der Waals surface area contributed by atoms with E-state index in [4.69, 9.17) is 23.8 Å². The van der Waals surface area contributed by atoms with Crippen molar-refractivity contribution in [3.63, 3.8) is 0 Å². The zero-order chi connectivity index (χ0) is 21.4. The van der Waals surface area contributed by atoms with Crippen molar-refractivity contribution in [1.82, 2.24) is 24.2 Å². The summed E-state index contributed by atoms with van der Waals surface area (Å²) in [6.45, 7) is 8.32. The molecule has 1 aromatic carbocycles. The lowest BCUT2D eigenvalue weighted by atomic mass is 9.95. The molecule has 0 saturated carbocycles. The van der Waals surface area contributed by atoms with Crippen LogP contribution in [0.25, 0.3) is 5.69 Å². The van der Waals surface area contributed by atoms with Gasteiger partial charge in [-0.2, -0.15) is 5.10 Å². The molecule has 1 N–H and O–H groups in total. The molecule has 0 bridgehead atoms. The molecule has 0 aliphatic carbocycles. The van der Waals surface area contributed by atoms with E-state index in [0.717, 1.165) is 47.8 Å². The van der Waals surface area contributed by atoms with E-state index in [2.05, 4.69) is 26.3 Å². The monoisotopic (exact) mass is 443 g/mol. The van der Waals surface area contributed by atoms with Gasteiger partial charge < -0.3 is 14.0 Å². The Balaban J connectivity index is 1.52. The van der Waals surface area contributed by atoms with Gasteiger partial charge in [-0.1, -0.05) is 17.7 Å². The molecule has 1 amide bonds. The van der Waals surface area contributed by atoms with E-state index < -0.39 is 0 Å². The van der Waals surface area contributed by atoms with Gasteiger partial charge in [0.2, 0.25) is 0 Å². The van der Waals surface area contributed by atoms with E-state index in [-0.39, 0.29) is 5.91 Å². The van der Waals surface area contributed by atoms with Crippen LogP contribution in [0.3, 0.4) is 0 Å². The van der Waals surface area contributed by atoms with Crippen LogP contribution >= 0.6 is 23.8 Å². The van der Waals surface area contributed by atoms with Crippen molar-refractivity contribution in [2.45, 2.75) is 46.1 Å². The number of aromatic nitrogens is 4. The minimum atomic E-state index is 0.0872. The number of halogens is 1. The number of hydrogen-bond donors (Lipinski definition) is 1. The minimum absolute atomic E-state index is 0.0872. The Kier molecular flexibility index (Phi) is 5.84. The fourth-order valence-corrected chi connectivity index (χ4v) is 4.90. The Morgan fingerprint density at radius 2 is 2.00 bits per heavy atom. The lowest BCUT2D eigenvalue weighted by Crippen LogP contribution is -2.38. The summed E-state index contributed by atoms with van der Waals surface area (Å²) in [6, 6.07) is 9.68. The van der Waals surface area contributed by atoms with Gasteiger partial charge in [0.25, 0.3) is 5.91 Å². The SMILES string of the molecule is CCn1c(C2CCN(C(=O)c3cc(C)n(-c4cccc(Cl)c4)c3C)CC2)n[nH]c1=S. The van der Waals surface area contributed by atoms with Gasteiger partial charge in [0.05, 0.1) is 5.56 Å². The fraction of sp³-hybridized carbons (Fsp3) is 0.409. The lowest BCUT2D eigenvalue weighted by Gasteiger charge is -2.31. The van der Waals surface area contributed by atoms with Crippen molar-refractivity contribution < 1.29 is 4.79 Å². The second kappa shape index (κ2) is 8.40. The molecule has 3 heterocycles. The van der Waals surface area contributed by atoms with E-state index in [1.807, 2.05) is 49.1 Å². The highest BCUT2D eigenvalue weighted by atomic mass is 35.5. The topological polar surface area (TPSA) is 58.9 Å². The average molecular weight is 444 g/mol. The summed E-state index contributed by atoms with van der Waals surface area (Å²) in [7, 11) is 0. The number of rotatable bonds is 4. The van der Waals surface area contributed by atoms with Crippen LogP contribution in [-0.4, -0.2) is 43.2 Å². The summed E-state index contributed by atoms with van der Waals surface area (Å²) in [6.07, 6.45) is 1.77. The number of H-pyrrole nitrogens is 1. The molecule has 2 aromatic heterocycles. The van der Waals surface area contributed by atoms with Crippen molar-refractivity contribution in [2.75, 3.05) is 13.1 Å². The molecule has 6 nitrogen and oxygen atoms in total. The molecule has 1 saturated heterocycles. The van der Waals surface area contributed by atoms with Crippen LogP contribution < -0.4 is 0 Å². The standard InChI is InChI=1S/C22H26ClN5OS/c1-4-27-20(24-25-22(27)30)16-8-10-26(11-9-16)21(29)19-12-14(2)28(15(19)3)18-7-5-6-17(23)13-18/h5-7,12-13,16H,4,8-11H2,1-3H3,(H,25,30). The third-order valence-electron chi connectivity index (χ3n) is 5.98. The number of piperidine rings is 1. The number of nitrogens with one attached hydrogen (secondary N) is 1. The zero-order valence-corrected chi connectivity index (χ0v) is 19.1. The number of carbonyl (C=O) groups excluding carboxylic acids is 1. The second-order valence-electron chi connectivity index (χ2n) is 7.80. The summed E-state index contributed by atoms with van der Waals surface area (Å²) >= 11 is 11.5. The van der Waals surface area contributed by atoms with Crippen molar-refractivity contribution in [3.8, 4) is 5.69 Å². The number of amides is 1. The molecule has 3 aromatic rings. The molecule has 1 fully saturated rings. The maximum Gasteiger partial charge on any atom is 0.255 e. The molecule has 0 unspecified atom stereocenters. The normalized spacial score (nSPS) is 15.0. The number of carbonyl (C=O) groups is 1. The Morgan fingerprint density at radius 3 is 2.67 bits per heavy atom. The summed E-state index contributed by atoms with van der Waals surface area (Å²) in [5.74, 6) is 1.42. The van der Waals surface area contributed by atoms with E-state index in [0.29, 0.717) is 28.8 Å². The molecule has 30 heavy (non-hydrogen) atoms. The third kappa shape index (κ3) is 3.72. The lowest BCUT2D eigenvalue weighted by molar-refractivity contribution is 0.0709. The zero-order valence-electron chi connectivity index (χ0n) is 17.5. The van der Waals surface area contributed by atoms with Gasteiger partial charge in [0, 0.05) is 47.7 Å². The van der Waals surface area contributed by atoms with Gasteiger partial charge in [-0.05, 0) is 70.1 Å². The minimum Gasteiger partial charge on any atom is -0.339 e. The highest BCUT2D eigenvalue weighted by molar-refractivity contribution is 7.71. The second-order valence-corrected chi connectivity index (χ2v) is 8.62. The molecule has 0 radical (unpaired) electrons. The first-order chi connectivity index (χ1) is 14.4. The maximum absolute atomic E-state index is 13.3. The Bertz CT molecular complexity index is 1140. The van der Waals surface area contributed by atoms with Crippen LogP contribution in [-0.2, 0) is 6.54 Å². The third-order valence-corrected chi connectivity index (χ3v) is 6.53. The number of aryl methyl sites for hydroxylation is 1. The van der Waals surface area contributed by atoms with Crippen LogP contribution in [0.4, 0.5) is 0 Å². The van der Waals surface area contributed by atoms with Crippen LogP contribution in [0.15, 0.2) is 30.3 Å². The fourth-order valence-electron chi connectivity index (χ4n) is 4.45. The number of aromatic amines is 1. The van der Waals surface area contributed by atoms with Gasteiger partial charge in [0.1, 0.15) is 5.82 Å². The molecule has 1 aliphatic rings. The van der Waals surface area contributed by atoms with E-state index >= 15 is 0 Å². The molecule has 0 atom stereocenters. The van der Waals surface area contributed by atoms with E-state index in [9.17, 15) is 4.79 Å².